The van der Waals surface area contributed by atoms with Crippen LogP contribution in [0.2, 0.25) is 5.02 Å². The molecule has 1 saturated carbocycles. The van der Waals surface area contributed by atoms with E-state index in [1.54, 1.807) is 6.20 Å². The molecule has 0 radical (unpaired) electrons. The Balaban J connectivity index is 1.90. The summed E-state index contributed by atoms with van der Waals surface area (Å²) in [5.41, 5.74) is 3.37. The monoisotopic (exact) mass is 304 g/mol. The van der Waals surface area contributed by atoms with Crippen molar-refractivity contribution in [3.8, 4) is 5.82 Å². The molecule has 0 aromatic carbocycles. The Morgan fingerprint density at radius 2 is 2.10 bits per heavy atom. The summed E-state index contributed by atoms with van der Waals surface area (Å²) in [6.07, 6.45) is 6.15. The second-order valence-electron chi connectivity index (χ2n) is 5.54. The molecule has 112 valence electrons. The zero-order valence-electron chi connectivity index (χ0n) is 12.6. The molecule has 0 atom stereocenters. The van der Waals surface area contributed by atoms with Crippen molar-refractivity contribution in [2.75, 3.05) is 0 Å². The average Bonchev–Trinajstić information content (AvgIpc) is 3.23. The predicted molar refractivity (Wildman–Crippen MR) is 85.0 cm³/mol. The molecule has 4 nitrogen and oxygen atoms in total. The molecule has 1 fully saturated rings. The Labute approximate surface area is 130 Å². The second kappa shape index (κ2) is 6.16. The molecule has 2 aromatic heterocycles. The van der Waals surface area contributed by atoms with Crippen molar-refractivity contribution in [3.05, 3.63) is 40.3 Å². The number of hydrogen-bond donors (Lipinski definition) is 1. The molecule has 0 unspecified atom stereocenters. The van der Waals surface area contributed by atoms with Crippen LogP contribution in [0.5, 0.6) is 0 Å². The highest BCUT2D eigenvalue weighted by atomic mass is 35.5. The third-order valence-electron chi connectivity index (χ3n) is 3.85. The Bertz CT molecular complexity index is 631. The van der Waals surface area contributed by atoms with Gasteiger partial charge in [-0.15, -0.1) is 0 Å². The summed E-state index contributed by atoms with van der Waals surface area (Å²) in [4.78, 5) is 4.45. The summed E-state index contributed by atoms with van der Waals surface area (Å²) < 4.78 is 1.94. The van der Waals surface area contributed by atoms with Gasteiger partial charge in [0.25, 0.3) is 0 Å². The lowest BCUT2D eigenvalue weighted by atomic mass is 10.2. The maximum Gasteiger partial charge on any atom is 0.154 e. The lowest BCUT2D eigenvalue weighted by molar-refractivity contribution is 0.684. The highest BCUT2D eigenvalue weighted by Gasteiger charge is 2.20. The van der Waals surface area contributed by atoms with Crippen molar-refractivity contribution < 1.29 is 0 Å². The van der Waals surface area contributed by atoms with Gasteiger partial charge < -0.3 is 5.32 Å². The first-order chi connectivity index (χ1) is 10.2. The number of nitrogens with one attached hydrogen (secondary N) is 1. The second-order valence-corrected chi connectivity index (χ2v) is 5.94. The Hall–Kier alpha value is -1.39. The lowest BCUT2D eigenvalue weighted by Crippen LogP contribution is -2.16. The van der Waals surface area contributed by atoms with Crippen molar-refractivity contribution in [1.29, 1.82) is 0 Å². The summed E-state index contributed by atoms with van der Waals surface area (Å²) in [6, 6.07) is 4.86. The molecule has 5 heteroatoms. The fourth-order valence-corrected chi connectivity index (χ4v) is 2.53. The van der Waals surface area contributed by atoms with Crippen molar-refractivity contribution in [1.82, 2.24) is 20.1 Å². The van der Waals surface area contributed by atoms with Crippen LogP contribution in [0.15, 0.2) is 18.3 Å². The van der Waals surface area contributed by atoms with Crippen LogP contribution in [0.4, 0.5) is 0 Å². The van der Waals surface area contributed by atoms with E-state index in [-0.39, 0.29) is 0 Å². The number of nitrogens with zero attached hydrogens (tertiary/aromatic N) is 3. The van der Waals surface area contributed by atoms with Gasteiger partial charge in [-0.25, -0.2) is 9.67 Å². The molecule has 0 bridgehead atoms. The van der Waals surface area contributed by atoms with E-state index in [1.165, 1.54) is 18.5 Å². The quantitative estimate of drug-likeness (QED) is 0.890. The molecule has 21 heavy (non-hydrogen) atoms. The third-order valence-corrected chi connectivity index (χ3v) is 4.19. The summed E-state index contributed by atoms with van der Waals surface area (Å²) in [5.74, 6) is 0.851. The predicted octanol–water partition coefficient (Wildman–Crippen LogP) is 3.30. The minimum absolute atomic E-state index is 0.667. The number of halogens is 1. The van der Waals surface area contributed by atoms with Crippen molar-refractivity contribution >= 4 is 11.6 Å². The molecule has 1 N–H and O–H groups in total. The summed E-state index contributed by atoms with van der Waals surface area (Å²) in [6.45, 7) is 5.05. The Morgan fingerprint density at radius 1 is 1.29 bits per heavy atom. The van der Waals surface area contributed by atoms with E-state index in [4.69, 9.17) is 11.6 Å². The minimum atomic E-state index is 0.667. The molecular weight excluding hydrogens is 284 g/mol. The molecule has 3 rings (SSSR count). The van der Waals surface area contributed by atoms with Crippen molar-refractivity contribution in [2.24, 2.45) is 0 Å². The molecule has 0 amide bonds. The fourth-order valence-electron chi connectivity index (χ4n) is 2.36. The molecule has 1 aliphatic rings. The highest BCUT2D eigenvalue weighted by molar-refractivity contribution is 6.31. The average molecular weight is 305 g/mol. The molecule has 0 aliphatic heterocycles. The van der Waals surface area contributed by atoms with Crippen molar-refractivity contribution in [3.63, 3.8) is 0 Å². The zero-order chi connectivity index (χ0) is 14.8. The molecular formula is C16H21ClN4. The van der Waals surface area contributed by atoms with Gasteiger partial charge in [-0.2, -0.15) is 5.10 Å². The van der Waals surface area contributed by atoms with E-state index in [9.17, 15) is 0 Å². The maximum absolute atomic E-state index is 6.26. The first-order valence-electron chi connectivity index (χ1n) is 7.67. The topological polar surface area (TPSA) is 42.7 Å². The SMILES string of the molecule is CCc1cc(CC)n(-c2cc(CNC3CC3)c(Cl)cn2)n1. The van der Waals surface area contributed by atoms with Crippen LogP contribution in [0, 0.1) is 0 Å². The highest BCUT2D eigenvalue weighted by Crippen LogP contribution is 2.23. The standard InChI is InChI=1S/C16H21ClN4/c1-3-12-8-14(4-2)21(20-12)16-7-11(15(17)10-19-16)9-18-13-5-6-13/h7-8,10,13,18H,3-6,9H2,1-2H3. The first-order valence-corrected chi connectivity index (χ1v) is 8.05. The number of hydrogen-bond acceptors (Lipinski definition) is 3. The van der Waals surface area contributed by atoms with Crippen LogP contribution in [-0.2, 0) is 19.4 Å². The van der Waals surface area contributed by atoms with Gasteiger partial charge in [-0.3, -0.25) is 0 Å². The van der Waals surface area contributed by atoms with Crippen LogP contribution in [0.1, 0.15) is 43.6 Å². The van der Waals surface area contributed by atoms with Crippen LogP contribution in [-0.4, -0.2) is 20.8 Å². The number of pyridine rings is 1. The maximum atomic E-state index is 6.26. The largest absolute Gasteiger partial charge is 0.310 e. The number of rotatable bonds is 6. The molecule has 2 aromatic rings. The van der Waals surface area contributed by atoms with Gasteiger partial charge in [-0.1, -0.05) is 25.4 Å². The van der Waals surface area contributed by atoms with E-state index in [1.807, 2.05) is 10.7 Å². The number of aromatic nitrogens is 3. The summed E-state index contributed by atoms with van der Waals surface area (Å²) in [7, 11) is 0. The van der Waals surface area contributed by atoms with Crippen LogP contribution < -0.4 is 5.32 Å². The van der Waals surface area contributed by atoms with Gasteiger partial charge in [0.1, 0.15) is 0 Å². The van der Waals surface area contributed by atoms with Gasteiger partial charge in [0, 0.05) is 24.5 Å². The van der Waals surface area contributed by atoms with E-state index in [0.717, 1.165) is 36.5 Å². The van der Waals surface area contributed by atoms with Gasteiger partial charge >= 0.3 is 0 Å². The van der Waals surface area contributed by atoms with E-state index in [0.29, 0.717) is 11.1 Å². The normalized spacial score (nSPS) is 14.6. The van der Waals surface area contributed by atoms with Gasteiger partial charge in [0.2, 0.25) is 0 Å². The van der Waals surface area contributed by atoms with Gasteiger partial charge in [-0.05, 0) is 43.4 Å². The minimum Gasteiger partial charge on any atom is -0.310 e. The van der Waals surface area contributed by atoms with Gasteiger partial charge in [0.15, 0.2) is 5.82 Å². The van der Waals surface area contributed by atoms with E-state index < -0.39 is 0 Å². The van der Waals surface area contributed by atoms with Gasteiger partial charge in [0.05, 0.1) is 10.7 Å². The van der Waals surface area contributed by atoms with Crippen LogP contribution in [0.3, 0.4) is 0 Å². The number of aryl methyl sites for hydroxylation is 2. The molecule has 0 spiro atoms. The zero-order valence-corrected chi connectivity index (χ0v) is 13.3. The smallest absolute Gasteiger partial charge is 0.154 e. The van der Waals surface area contributed by atoms with Crippen LogP contribution >= 0.6 is 11.6 Å². The third kappa shape index (κ3) is 3.27. The summed E-state index contributed by atoms with van der Waals surface area (Å²) >= 11 is 6.26. The van der Waals surface area contributed by atoms with Crippen LogP contribution in [0.25, 0.3) is 5.82 Å². The summed E-state index contributed by atoms with van der Waals surface area (Å²) in [5, 5.41) is 8.85. The van der Waals surface area contributed by atoms with Crippen molar-refractivity contribution in [2.45, 2.75) is 52.1 Å². The first kappa shape index (κ1) is 14.5. The van der Waals surface area contributed by atoms with E-state index >= 15 is 0 Å². The van der Waals surface area contributed by atoms with E-state index in [2.05, 4.69) is 35.3 Å². The fraction of sp³-hybridized carbons (Fsp3) is 0.500. The Morgan fingerprint density at radius 3 is 2.76 bits per heavy atom. The molecule has 2 heterocycles. The lowest BCUT2D eigenvalue weighted by Gasteiger charge is -2.09. The molecule has 1 aliphatic carbocycles. The molecule has 0 saturated heterocycles. The Kier molecular flexibility index (Phi) is 4.27.